The maximum absolute atomic E-state index is 12.8. The van der Waals surface area contributed by atoms with E-state index in [9.17, 15) is 4.79 Å². The third kappa shape index (κ3) is 4.52. The van der Waals surface area contributed by atoms with E-state index in [-0.39, 0.29) is 5.91 Å². The standard InChI is InChI=1S/C21H25NO3S/c1-24-18-9-8-16(14-19(18)25-2)15-21(23)22-11-10-20(26-13-12-22)17-6-4-3-5-7-17/h3-9,14,20H,10-13,15H2,1-2H3. The molecule has 0 aliphatic carbocycles. The van der Waals surface area contributed by atoms with Gasteiger partial charge < -0.3 is 14.4 Å². The quantitative estimate of drug-likeness (QED) is 0.798. The number of nitrogens with zero attached hydrogens (tertiary/aromatic N) is 1. The van der Waals surface area contributed by atoms with Gasteiger partial charge in [-0.1, -0.05) is 36.4 Å². The number of thioether (sulfide) groups is 1. The molecule has 1 amide bonds. The van der Waals surface area contributed by atoms with E-state index in [0.29, 0.717) is 23.2 Å². The Balaban J connectivity index is 1.62. The average molecular weight is 372 g/mol. The molecule has 5 heteroatoms. The van der Waals surface area contributed by atoms with Gasteiger partial charge in [0.15, 0.2) is 11.5 Å². The SMILES string of the molecule is COc1ccc(CC(=O)N2CCSC(c3ccccc3)CC2)cc1OC. The fourth-order valence-electron chi connectivity index (χ4n) is 3.23. The summed E-state index contributed by atoms with van der Waals surface area (Å²) in [6.07, 6.45) is 1.38. The molecule has 1 atom stereocenters. The molecule has 1 aliphatic heterocycles. The second kappa shape index (κ2) is 8.99. The second-order valence-corrected chi connectivity index (χ2v) is 7.62. The van der Waals surface area contributed by atoms with Crippen molar-refractivity contribution in [1.29, 1.82) is 0 Å². The molecule has 138 valence electrons. The first-order valence-electron chi connectivity index (χ1n) is 8.86. The average Bonchev–Trinajstić information content (AvgIpc) is 2.95. The van der Waals surface area contributed by atoms with Crippen LogP contribution in [0.2, 0.25) is 0 Å². The van der Waals surface area contributed by atoms with Gasteiger partial charge in [-0.2, -0.15) is 11.8 Å². The van der Waals surface area contributed by atoms with E-state index in [1.54, 1.807) is 14.2 Å². The highest BCUT2D eigenvalue weighted by atomic mass is 32.2. The van der Waals surface area contributed by atoms with Gasteiger partial charge in [-0.15, -0.1) is 0 Å². The number of carbonyl (C=O) groups excluding carboxylic acids is 1. The first-order valence-corrected chi connectivity index (χ1v) is 9.91. The van der Waals surface area contributed by atoms with E-state index < -0.39 is 0 Å². The Bertz CT molecular complexity index is 735. The predicted molar refractivity (Wildman–Crippen MR) is 106 cm³/mol. The highest BCUT2D eigenvalue weighted by Crippen LogP contribution is 2.34. The lowest BCUT2D eigenvalue weighted by molar-refractivity contribution is -0.130. The maximum Gasteiger partial charge on any atom is 0.227 e. The third-order valence-corrected chi connectivity index (χ3v) is 6.00. The van der Waals surface area contributed by atoms with Crippen molar-refractivity contribution in [2.45, 2.75) is 18.1 Å². The smallest absolute Gasteiger partial charge is 0.227 e. The zero-order chi connectivity index (χ0) is 18.4. The molecule has 2 aromatic rings. The van der Waals surface area contributed by atoms with E-state index in [1.165, 1.54) is 5.56 Å². The molecule has 3 rings (SSSR count). The summed E-state index contributed by atoms with van der Waals surface area (Å²) in [7, 11) is 3.22. The minimum Gasteiger partial charge on any atom is -0.493 e. The summed E-state index contributed by atoms with van der Waals surface area (Å²) >= 11 is 1.95. The third-order valence-electron chi connectivity index (χ3n) is 4.67. The minimum atomic E-state index is 0.173. The van der Waals surface area contributed by atoms with Gasteiger partial charge in [0.05, 0.1) is 20.6 Å². The van der Waals surface area contributed by atoms with E-state index in [4.69, 9.17) is 9.47 Å². The summed E-state index contributed by atoms with van der Waals surface area (Å²) in [6.45, 7) is 1.61. The highest BCUT2D eigenvalue weighted by molar-refractivity contribution is 7.99. The van der Waals surface area contributed by atoms with Crippen LogP contribution in [0, 0.1) is 0 Å². The fourth-order valence-corrected chi connectivity index (χ4v) is 4.46. The summed E-state index contributed by atoms with van der Waals surface area (Å²) in [5.74, 6) is 2.48. The van der Waals surface area contributed by atoms with Crippen molar-refractivity contribution >= 4 is 17.7 Å². The first-order chi connectivity index (χ1) is 12.7. The van der Waals surface area contributed by atoms with Crippen LogP contribution in [0.4, 0.5) is 0 Å². The van der Waals surface area contributed by atoms with E-state index in [0.717, 1.165) is 30.8 Å². The normalized spacial score (nSPS) is 17.5. The molecule has 0 aromatic heterocycles. The monoisotopic (exact) mass is 371 g/mol. The summed E-state index contributed by atoms with van der Waals surface area (Å²) in [6, 6.07) is 16.2. The van der Waals surface area contributed by atoms with E-state index in [1.807, 2.05) is 40.9 Å². The summed E-state index contributed by atoms with van der Waals surface area (Å²) < 4.78 is 10.6. The topological polar surface area (TPSA) is 38.8 Å². The Labute approximate surface area is 159 Å². The number of carbonyl (C=O) groups is 1. The lowest BCUT2D eigenvalue weighted by Crippen LogP contribution is -2.34. The Hall–Kier alpha value is -2.14. The van der Waals surface area contributed by atoms with Crippen molar-refractivity contribution < 1.29 is 14.3 Å². The summed E-state index contributed by atoms with van der Waals surface area (Å²) in [5, 5.41) is 0.468. The van der Waals surface area contributed by atoms with E-state index in [2.05, 4.69) is 24.3 Å². The fraction of sp³-hybridized carbons (Fsp3) is 0.381. The van der Waals surface area contributed by atoms with Crippen molar-refractivity contribution in [2.24, 2.45) is 0 Å². The number of amides is 1. The van der Waals surface area contributed by atoms with Crippen LogP contribution in [0.5, 0.6) is 11.5 Å². The number of hydrogen-bond donors (Lipinski definition) is 0. The van der Waals surface area contributed by atoms with Crippen molar-refractivity contribution in [3.63, 3.8) is 0 Å². The van der Waals surface area contributed by atoms with Crippen LogP contribution in [0.25, 0.3) is 0 Å². The van der Waals surface area contributed by atoms with Crippen molar-refractivity contribution in [3.05, 3.63) is 59.7 Å². The van der Waals surface area contributed by atoms with Crippen molar-refractivity contribution in [2.75, 3.05) is 33.1 Å². The number of rotatable bonds is 5. The molecule has 26 heavy (non-hydrogen) atoms. The molecule has 0 spiro atoms. The van der Waals surface area contributed by atoms with Gasteiger partial charge in [-0.3, -0.25) is 4.79 Å². The van der Waals surface area contributed by atoms with Crippen LogP contribution < -0.4 is 9.47 Å². The van der Waals surface area contributed by atoms with Gasteiger partial charge in [-0.05, 0) is 29.7 Å². The maximum atomic E-state index is 12.8. The molecule has 1 saturated heterocycles. The number of benzene rings is 2. The van der Waals surface area contributed by atoms with Gasteiger partial charge in [0.1, 0.15) is 0 Å². The first kappa shape index (κ1) is 18.6. The Morgan fingerprint density at radius 2 is 1.85 bits per heavy atom. The number of hydrogen-bond acceptors (Lipinski definition) is 4. The Morgan fingerprint density at radius 1 is 1.08 bits per heavy atom. The van der Waals surface area contributed by atoms with Crippen molar-refractivity contribution in [3.8, 4) is 11.5 Å². The number of methoxy groups -OCH3 is 2. The molecule has 1 unspecified atom stereocenters. The van der Waals surface area contributed by atoms with Gasteiger partial charge in [0, 0.05) is 24.1 Å². The molecule has 0 radical (unpaired) electrons. The largest absolute Gasteiger partial charge is 0.493 e. The lowest BCUT2D eigenvalue weighted by atomic mass is 10.1. The highest BCUT2D eigenvalue weighted by Gasteiger charge is 2.22. The summed E-state index contributed by atoms with van der Waals surface area (Å²) in [5.41, 5.74) is 2.30. The lowest BCUT2D eigenvalue weighted by Gasteiger charge is -2.20. The van der Waals surface area contributed by atoms with Gasteiger partial charge in [-0.25, -0.2) is 0 Å². The molecule has 0 N–H and O–H groups in total. The zero-order valence-electron chi connectivity index (χ0n) is 15.3. The molecule has 2 aromatic carbocycles. The van der Waals surface area contributed by atoms with Gasteiger partial charge in [0.2, 0.25) is 5.91 Å². The van der Waals surface area contributed by atoms with Crippen LogP contribution >= 0.6 is 11.8 Å². The Morgan fingerprint density at radius 3 is 2.58 bits per heavy atom. The zero-order valence-corrected chi connectivity index (χ0v) is 16.1. The van der Waals surface area contributed by atoms with Crippen LogP contribution in [-0.2, 0) is 11.2 Å². The molecule has 1 aliphatic rings. The van der Waals surface area contributed by atoms with Crippen LogP contribution in [0.1, 0.15) is 22.8 Å². The van der Waals surface area contributed by atoms with E-state index >= 15 is 0 Å². The molecule has 1 heterocycles. The van der Waals surface area contributed by atoms with Gasteiger partial charge in [0.25, 0.3) is 0 Å². The van der Waals surface area contributed by atoms with Crippen LogP contribution in [0.15, 0.2) is 48.5 Å². The minimum absolute atomic E-state index is 0.173. The second-order valence-electron chi connectivity index (χ2n) is 6.31. The molecule has 4 nitrogen and oxygen atoms in total. The summed E-state index contributed by atoms with van der Waals surface area (Å²) in [4.78, 5) is 14.8. The molecular weight excluding hydrogens is 346 g/mol. The number of ether oxygens (including phenoxy) is 2. The predicted octanol–water partition coefficient (Wildman–Crippen LogP) is 3.95. The van der Waals surface area contributed by atoms with Crippen LogP contribution in [-0.4, -0.2) is 43.9 Å². The van der Waals surface area contributed by atoms with Crippen LogP contribution in [0.3, 0.4) is 0 Å². The molecule has 1 fully saturated rings. The molecule has 0 bridgehead atoms. The molecule has 0 saturated carbocycles. The van der Waals surface area contributed by atoms with Gasteiger partial charge >= 0.3 is 0 Å². The molecular formula is C21H25NO3S. The Kier molecular flexibility index (Phi) is 6.45. The van der Waals surface area contributed by atoms with Crippen molar-refractivity contribution in [1.82, 2.24) is 4.90 Å².